The van der Waals surface area contributed by atoms with Crippen LogP contribution in [0.25, 0.3) is 0 Å². The van der Waals surface area contributed by atoms with Crippen LogP contribution in [0.4, 0.5) is 5.69 Å². The summed E-state index contributed by atoms with van der Waals surface area (Å²) in [7, 11) is -3.67. The molecule has 0 amide bonds. The van der Waals surface area contributed by atoms with Crippen molar-refractivity contribution in [1.82, 2.24) is 14.1 Å². The third-order valence-electron chi connectivity index (χ3n) is 6.62. The molecule has 9 nitrogen and oxygen atoms in total. The van der Waals surface area contributed by atoms with E-state index in [1.807, 2.05) is 13.0 Å². The van der Waals surface area contributed by atoms with Gasteiger partial charge in [-0.2, -0.15) is 14.7 Å². The number of hydrogen-bond acceptors (Lipinski definition) is 7. The summed E-state index contributed by atoms with van der Waals surface area (Å²) in [4.78, 5) is 13.1. The van der Waals surface area contributed by atoms with E-state index in [1.54, 1.807) is 6.20 Å². The summed E-state index contributed by atoms with van der Waals surface area (Å²) >= 11 is 6.41. The summed E-state index contributed by atoms with van der Waals surface area (Å²) in [5.41, 5.74) is 0.522. The van der Waals surface area contributed by atoms with E-state index in [2.05, 4.69) is 10.4 Å². The summed E-state index contributed by atoms with van der Waals surface area (Å²) in [5.74, 6) is 0.342. The lowest BCUT2D eigenvalue weighted by atomic mass is 9.95. The van der Waals surface area contributed by atoms with Crippen molar-refractivity contribution >= 4 is 27.3 Å². The number of halogens is 1. The third-order valence-corrected chi connectivity index (χ3v) is 8.90. The molecule has 34 heavy (non-hydrogen) atoms. The van der Waals surface area contributed by atoms with Crippen LogP contribution < -0.4 is 10.9 Å². The van der Waals surface area contributed by atoms with Crippen LogP contribution in [-0.4, -0.2) is 54.8 Å². The van der Waals surface area contributed by atoms with Crippen LogP contribution in [0.2, 0.25) is 5.02 Å². The quantitative estimate of drug-likeness (QED) is 0.641. The van der Waals surface area contributed by atoms with Gasteiger partial charge in [-0.15, -0.1) is 0 Å². The van der Waals surface area contributed by atoms with E-state index in [0.29, 0.717) is 36.6 Å². The monoisotopic (exact) mass is 505 g/mol. The fourth-order valence-electron chi connectivity index (χ4n) is 4.51. The molecule has 3 heterocycles. The zero-order valence-electron chi connectivity index (χ0n) is 19.0. The van der Waals surface area contributed by atoms with Crippen molar-refractivity contribution in [2.45, 2.75) is 49.6 Å². The molecule has 0 saturated carbocycles. The molecule has 1 unspecified atom stereocenters. The van der Waals surface area contributed by atoms with Crippen molar-refractivity contribution in [2.75, 3.05) is 31.6 Å². The van der Waals surface area contributed by atoms with Crippen molar-refractivity contribution in [3.63, 3.8) is 0 Å². The molecule has 0 aliphatic carbocycles. The standard InChI is InChI=1S/C23H28ClN5O4S/c1-16(18-3-2-12-33-15-18)27-21-14-26-29(23(30)22(21)24)19-8-10-28(11-9-19)34(31,32)20-6-4-17(13-25)5-7-20/h4-7,14,16,18-19,27H,2-3,8-12,15H2,1H3/t16?,18-/m0/s1. The van der Waals surface area contributed by atoms with Crippen molar-refractivity contribution in [2.24, 2.45) is 5.92 Å². The average Bonchev–Trinajstić information content (AvgIpc) is 2.87. The number of rotatable bonds is 6. The molecule has 2 atom stereocenters. The van der Waals surface area contributed by atoms with E-state index in [9.17, 15) is 13.2 Å². The van der Waals surface area contributed by atoms with Crippen LogP contribution in [0.15, 0.2) is 40.2 Å². The number of piperidine rings is 1. The highest BCUT2D eigenvalue weighted by Gasteiger charge is 2.31. The Morgan fingerprint density at radius 3 is 2.56 bits per heavy atom. The van der Waals surface area contributed by atoms with Crippen LogP contribution in [0.5, 0.6) is 0 Å². The molecule has 182 valence electrons. The van der Waals surface area contributed by atoms with E-state index in [0.717, 1.165) is 19.4 Å². The minimum Gasteiger partial charge on any atom is -0.381 e. The Labute approximate surface area is 204 Å². The van der Waals surface area contributed by atoms with Crippen molar-refractivity contribution in [1.29, 1.82) is 5.26 Å². The molecule has 2 aliphatic rings. The lowest BCUT2D eigenvalue weighted by molar-refractivity contribution is 0.0496. The molecule has 2 fully saturated rings. The normalized spacial score (nSPS) is 21.0. The van der Waals surface area contributed by atoms with E-state index in [4.69, 9.17) is 21.6 Å². The Morgan fingerprint density at radius 2 is 1.94 bits per heavy atom. The van der Waals surface area contributed by atoms with Gasteiger partial charge in [-0.25, -0.2) is 13.1 Å². The lowest BCUT2D eigenvalue weighted by Crippen LogP contribution is -2.41. The molecule has 11 heteroatoms. The van der Waals surface area contributed by atoms with Crippen LogP contribution in [0.1, 0.15) is 44.2 Å². The van der Waals surface area contributed by atoms with Crippen LogP contribution in [0.3, 0.4) is 0 Å². The second kappa shape index (κ2) is 10.4. The van der Waals surface area contributed by atoms with Crippen LogP contribution in [-0.2, 0) is 14.8 Å². The van der Waals surface area contributed by atoms with Crippen molar-refractivity contribution < 1.29 is 13.2 Å². The Bertz CT molecular complexity index is 1210. The number of nitrogens with zero attached hydrogens (tertiary/aromatic N) is 4. The molecular weight excluding hydrogens is 478 g/mol. The molecule has 2 aromatic rings. The number of ether oxygens (including phenoxy) is 1. The predicted molar refractivity (Wildman–Crippen MR) is 128 cm³/mol. The van der Waals surface area contributed by atoms with Crippen molar-refractivity contribution in [3.8, 4) is 6.07 Å². The van der Waals surface area contributed by atoms with Gasteiger partial charge in [0.05, 0.1) is 41.1 Å². The second-order valence-corrected chi connectivity index (χ2v) is 11.1. The van der Waals surface area contributed by atoms with Gasteiger partial charge in [0.2, 0.25) is 10.0 Å². The maximum atomic E-state index is 13.0. The number of nitrogens with one attached hydrogen (secondary N) is 1. The molecule has 2 saturated heterocycles. The minimum absolute atomic E-state index is 0.0884. The number of anilines is 1. The maximum Gasteiger partial charge on any atom is 0.287 e. The fourth-order valence-corrected chi connectivity index (χ4v) is 6.17. The van der Waals surface area contributed by atoms with Gasteiger partial charge in [-0.05, 0) is 56.9 Å². The predicted octanol–water partition coefficient (Wildman–Crippen LogP) is 3.02. The molecule has 0 spiro atoms. The maximum absolute atomic E-state index is 13.0. The van der Waals surface area contributed by atoms with Crippen molar-refractivity contribution in [3.05, 3.63) is 51.4 Å². The van der Waals surface area contributed by atoms with Gasteiger partial charge in [-0.3, -0.25) is 4.79 Å². The average molecular weight is 506 g/mol. The summed E-state index contributed by atoms with van der Waals surface area (Å²) in [6.07, 6.45) is 4.54. The topological polar surface area (TPSA) is 117 Å². The Hall–Kier alpha value is -2.45. The number of sulfonamides is 1. The highest BCUT2D eigenvalue weighted by atomic mass is 35.5. The first-order valence-corrected chi connectivity index (χ1v) is 13.2. The number of aromatic nitrogens is 2. The summed E-state index contributed by atoms with van der Waals surface area (Å²) in [6, 6.07) is 7.69. The van der Waals surface area contributed by atoms with Gasteiger partial charge in [0, 0.05) is 31.7 Å². The zero-order chi connectivity index (χ0) is 24.3. The van der Waals surface area contributed by atoms with Gasteiger partial charge in [0.15, 0.2) is 0 Å². The van der Waals surface area contributed by atoms with E-state index in [1.165, 1.54) is 33.3 Å². The second-order valence-electron chi connectivity index (χ2n) is 8.80. The van der Waals surface area contributed by atoms with E-state index < -0.39 is 10.0 Å². The van der Waals surface area contributed by atoms with Crippen LogP contribution >= 0.6 is 11.6 Å². The van der Waals surface area contributed by atoms with E-state index in [-0.39, 0.29) is 40.7 Å². The van der Waals surface area contributed by atoms with Gasteiger partial charge >= 0.3 is 0 Å². The number of hydrogen-bond donors (Lipinski definition) is 1. The smallest absolute Gasteiger partial charge is 0.287 e. The van der Waals surface area contributed by atoms with Gasteiger partial charge in [0.1, 0.15) is 5.02 Å². The van der Waals surface area contributed by atoms with Crippen LogP contribution in [0, 0.1) is 17.2 Å². The van der Waals surface area contributed by atoms with E-state index >= 15 is 0 Å². The minimum atomic E-state index is -3.67. The first-order chi connectivity index (χ1) is 16.3. The number of nitriles is 1. The number of benzene rings is 1. The summed E-state index contributed by atoms with van der Waals surface area (Å²) in [6.45, 7) is 4.04. The Morgan fingerprint density at radius 1 is 1.24 bits per heavy atom. The lowest BCUT2D eigenvalue weighted by Gasteiger charge is -2.32. The van der Waals surface area contributed by atoms with Gasteiger partial charge in [0.25, 0.3) is 5.56 Å². The highest BCUT2D eigenvalue weighted by Crippen LogP contribution is 2.28. The molecule has 4 rings (SSSR count). The van der Waals surface area contributed by atoms with Gasteiger partial charge < -0.3 is 10.1 Å². The SMILES string of the molecule is CC(Nc1cnn(C2CCN(S(=O)(=O)c3ccc(C#N)cc3)CC2)c(=O)c1Cl)[C@H]1CCCOC1. The molecule has 1 aromatic heterocycles. The first-order valence-electron chi connectivity index (χ1n) is 11.4. The third kappa shape index (κ3) is 5.13. The molecule has 2 aliphatic heterocycles. The first kappa shape index (κ1) is 24.7. The fraction of sp³-hybridized carbons (Fsp3) is 0.522. The summed E-state index contributed by atoms with van der Waals surface area (Å²) < 4.78 is 34.2. The summed E-state index contributed by atoms with van der Waals surface area (Å²) in [5, 5.41) is 16.7. The Balaban J connectivity index is 1.42. The zero-order valence-corrected chi connectivity index (χ0v) is 20.6. The molecular formula is C23H28ClN5O4S. The molecule has 0 bridgehead atoms. The molecule has 0 radical (unpaired) electrons. The van der Waals surface area contributed by atoms with Gasteiger partial charge in [-0.1, -0.05) is 11.6 Å². The highest BCUT2D eigenvalue weighted by molar-refractivity contribution is 7.89. The Kier molecular flexibility index (Phi) is 7.57. The largest absolute Gasteiger partial charge is 0.381 e. The molecule has 1 aromatic carbocycles. The molecule has 1 N–H and O–H groups in total.